The lowest BCUT2D eigenvalue weighted by atomic mass is 10.1. The Labute approximate surface area is 83.1 Å². The monoisotopic (exact) mass is 207 g/mol. The van der Waals surface area contributed by atoms with E-state index in [-0.39, 0.29) is 6.42 Å². The normalized spacial score (nSPS) is 13.2. The van der Waals surface area contributed by atoms with E-state index in [1.165, 1.54) is 0 Å². The van der Waals surface area contributed by atoms with Gasteiger partial charge in [0.25, 0.3) is 0 Å². The summed E-state index contributed by atoms with van der Waals surface area (Å²) >= 11 is 0. The van der Waals surface area contributed by atoms with E-state index < -0.39 is 18.6 Å². The van der Waals surface area contributed by atoms with Crippen LogP contribution in [0.15, 0.2) is 0 Å². The number of hydrogen-bond donors (Lipinski definition) is 1. The quantitative estimate of drug-likeness (QED) is 0.683. The third-order valence-electron chi connectivity index (χ3n) is 1.69. The van der Waals surface area contributed by atoms with Gasteiger partial charge in [-0.25, -0.2) is 0 Å². The summed E-state index contributed by atoms with van der Waals surface area (Å²) in [6.07, 6.45) is -3.83. The Balaban J connectivity index is 4.01. The number of halogens is 3. The van der Waals surface area contributed by atoms with Gasteiger partial charge in [0.2, 0.25) is 0 Å². The summed E-state index contributed by atoms with van der Waals surface area (Å²) in [5, 5.41) is 2.84. The molecule has 0 amide bonds. The highest BCUT2D eigenvalue weighted by atomic mass is 19.4. The van der Waals surface area contributed by atoms with Gasteiger partial charge >= 0.3 is 6.18 Å². The van der Waals surface area contributed by atoms with Crippen molar-refractivity contribution in [1.82, 2.24) is 5.32 Å². The second-order valence-electron chi connectivity index (χ2n) is 3.10. The highest BCUT2D eigenvalue weighted by Gasteiger charge is 2.31. The van der Waals surface area contributed by atoms with E-state index in [0.717, 1.165) is 6.42 Å². The van der Waals surface area contributed by atoms with Crippen molar-refractivity contribution >= 4 is 0 Å². The molecule has 14 heavy (non-hydrogen) atoms. The fourth-order valence-electron chi connectivity index (χ4n) is 1.07. The number of alkyl halides is 3. The highest BCUT2D eigenvalue weighted by Crippen LogP contribution is 2.22. The van der Waals surface area contributed by atoms with Crippen molar-refractivity contribution in [3.8, 4) is 11.8 Å². The Morgan fingerprint density at radius 3 is 2.43 bits per heavy atom. The maximum atomic E-state index is 12.1. The topological polar surface area (TPSA) is 12.0 Å². The van der Waals surface area contributed by atoms with Gasteiger partial charge in [0, 0.05) is 12.5 Å². The van der Waals surface area contributed by atoms with E-state index in [1.807, 2.05) is 6.92 Å². The van der Waals surface area contributed by atoms with Gasteiger partial charge in [-0.05, 0) is 19.9 Å². The molecule has 1 atom stereocenters. The Kier molecular flexibility index (Phi) is 6.39. The van der Waals surface area contributed by atoms with Crippen molar-refractivity contribution < 1.29 is 13.2 Å². The molecule has 0 saturated heterocycles. The van der Waals surface area contributed by atoms with Crippen molar-refractivity contribution in [2.24, 2.45) is 0 Å². The Hall–Kier alpha value is -0.690. The predicted molar refractivity (Wildman–Crippen MR) is 50.8 cm³/mol. The molecule has 0 saturated carbocycles. The fourth-order valence-corrected chi connectivity index (χ4v) is 1.07. The van der Waals surface area contributed by atoms with E-state index >= 15 is 0 Å². The SMILES string of the molecule is CC#CCC(CC(F)(F)F)NCCC. The molecule has 0 aliphatic carbocycles. The van der Waals surface area contributed by atoms with Crippen molar-refractivity contribution in [3.05, 3.63) is 0 Å². The second-order valence-corrected chi connectivity index (χ2v) is 3.10. The van der Waals surface area contributed by atoms with Crippen LogP contribution in [-0.4, -0.2) is 18.8 Å². The Bertz CT molecular complexity index is 200. The van der Waals surface area contributed by atoms with Crippen molar-refractivity contribution in [2.75, 3.05) is 6.54 Å². The average Bonchev–Trinajstić information content (AvgIpc) is 2.07. The van der Waals surface area contributed by atoms with E-state index in [9.17, 15) is 13.2 Å². The molecule has 0 aromatic heterocycles. The van der Waals surface area contributed by atoms with Crippen LogP contribution in [0.1, 0.15) is 33.1 Å². The van der Waals surface area contributed by atoms with Crippen molar-refractivity contribution in [1.29, 1.82) is 0 Å². The molecule has 0 radical (unpaired) electrons. The zero-order valence-electron chi connectivity index (χ0n) is 8.54. The van der Waals surface area contributed by atoms with Gasteiger partial charge in [0.1, 0.15) is 0 Å². The van der Waals surface area contributed by atoms with Crippen LogP contribution >= 0.6 is 0 Å². The van der Waals surface area contributed by atoms with E-state index in [1.54, 1.807) is 6.92 Å². The first kappa shape index (κ1) is 13.3. The third-order valence-corrected chi connectivity index (χ3v) is 1.69. The standard InChI is InChI=1S/C10H16F3N/c1-3-5-6-9(14-7-4-2)8-10(11,12)13/h9,14H,4,6-8H2,1-2H3. The first-order valence-electron chi connectivity index (χ1n) is 4.69. The lowest BCUT2D eigenvalue weighted by molar-refractivity contribution is -0.139. The molecule has 0 aromatic rings. The summed E-state index contributed by atoms with van der Waals surface area (Å²) in [7, 11) is 0. The Morgan fingerprint density at radius 2 is 2.00 bits per heavy atom. The molecule has 0 rings (SSSR count). The summed E-state index contributed by atoms with van der Waals surface area (Å²) in [6.45, 7) is 4.15. The summed E-state index contributed by atoms with van der Waals surface area (Å²) in [5.74, 6) is 5.27. The van der Waals surface area contributed by atoms with Gasteiger partial charge in [-0.2, -0.15) is 13.2 Å². The lowest BCUT2D eigenvalue weighted by Gasteiger charge is -2.17. The van der Waals surface area contributed by atoms with Gasteiger partial charge in [-0.15, -0.1) is 11.8 Å². The van der Waals surface area contributed by atoms with Crippen LogP contribution < -0.4 is 5.32 Å². The molecule has 0 heterocycles. The lowest BCUT2D eigenvalue weighted by Crippen LogP contribution is -2.34. The van der Waals surface area contributed by atoms with Gasteiger partial charge in [0.05, 0.1) is 6.42 Å². The van der Waals surface area contributed by atoms with Crippen LogP contribution in [0.5, 0.6) is 0 Å². The first-order valence-corrected chi connectivity index (χ1v) is 4.69. The number of hydrogen-bond acceptors (Lipinski definition) is 1. The third kappa shape index (κ3) is 7.93. The number of nitrogens with one attached hydrogen (secondary N) is 1. The molecule has 0 fully saturated rings. The minimum absolute atomic E-state index is 0.260. The van der Waals surface area contributed by atoms with Crippen LogP contribution in [0.4, 0.5) is 13.2 Å². The minimum Gasteiger partial charge on any atom is -0.313 e. The van der Waals surface area contributed by atoms with Crippen LogP contribution in [0.2, 0.25) is 0 Å². The average molecular weight is 207 g/mol. The van der Waals surface area contributed by atoms with Crippen LogP contribution in [0.3, 0.4) is 0 Å². The summed E-state index contributed by atoms with van der Waals surface area (Å²) in [4.78, 5) is 0. The summed E-state index contributed by atoms with van der Waals surface area (Å²) in [6, 6.07) is -0.567. The van der Waals surface area contributed by atoms with E-state index in [0.29, 0.717) is 6.54 Å². The van der Waals surface area contributed by atoms with Crippen LogP contribution in [-0.2, 0) is 0 Å². The second kappa shape index (κ2) is 6.72. The van der Waals surface area contributed by atoms with Gasteiger partial charge in [-0.1, -0.05) is 6.92 Å². The van der Waals surface area contributed by atoms with Gasteiger partial charge < -0.3 is 5.32 Å². The largest absolute Gasteiger partial charge is 0.390 e. The zero-order chi connectivity index (χ0) is 11.0. The van der Waals surface area contributed by atoms with Crippen LogP contribution in [0, 0.1) is 11.8 Å². The van der Waals surface area contributed by atoms with Gasteiger partial charge in [-0.3, -0.25) is 0 Å². The van der Waals surface area contributed by atoms with Crippen molar-refractivity contribution in [3.63, 3.8) is 0 Å². The van der Waals surface area contributed by atoms with Crippen LogP contribution in [0.25, 0.3) is 0 Å². The fraction of sp³-hybridized carbons (Fsp3) is 0.800. The molecule has 1 unspecified atom stereocenters. The molecule has 0 aliphatic rings. The van der Waals surface area contributed by atoms with Gasteiger partial charge in [0.15, 0.2) is 0 Å². The molecule has 0 aliphatic heterocycles. The first-order chi connectivity index (χ1) is 6.49. The van der Waals surface area contributed by atoms with E-state index in [2.05, 4.69) is 17.2 Å². The summed E-state index contributed by atoms with van der Waals surface area (Å²) < 4.78 is 36.2. The predicted octanol–water partition coefficient (Wildman–Crippen LogP) is 2.72. The molecule has 82 valence electrons. The molecule has 1 nitrogen and oxygen atoms in total. The van der Waals surface area contributed by atoms with E-state index in [4.69, 9.17) is 0 Å². The molecular weight excluding hydrogens is 191 g/mol. The molecule has 0 spiro atoms. The zero-order valence-corrected chi connectivity index (χ0v) is 8.54. The molecule has 0 bridgehead atoms. The maximum absolute atomic E-state index is 12.1. The van der Waals surface area contributed by atoms with Crippen molar-refractivity contribution in [2.45, 2.75) is 45.3 Å². The number of rotatable bonds is 5. The summed E-state index contributed by atoms with van der Waals surface area (Å²) in [5.41, 5.74) is 0. The highest BCUT2D eigenvalue weighted by molar-refractivity contribution is 4.98. The molecule has 4 heteroatoms. The molecule has 1 N–H and O–H groups in total. The molecule has 0 aromatic carbocycles. The smallest absolute Gasteiger partial charge is 0.313 e. The molecular formula is C10H16F3N. The maximum Gasteiger partial charge on any atom is 0.390 e. The minimum atomic E-state index is -4.11. The Morgan fingerprint density at radius 1 is 1.36 bits per heavy atom.